The highest BCUT2D eigenvalue weighted by molar-refractivity contribution is 5.95. The Morgan fingerprint density at radius 3 is 2.79 bits per heavy atom. The van der Waals surface area contributed by atoms with Crippen LogP contribution in [0.5, 0.6) is 0 Å². The molecular weight excluding hydrogens is 244 g/mol. The fourth-order valence-electron chi connectivity index (χ4n) is 1.69. The van der Waals surface area contributed by atoms with Gasteiger partial charge in [-0.2, -0.15) is 0 Å². The van der Waals surface area contributed by atoms with Crippen LogP contribution in [0.3, 0.4) is 0 Å². The molecule has 5 heteroatoms. The van der Waals surface area contributed by atoms with E-state index in [2.05, 4.69) is 5.32 Å². The highest BCUT2D eigenvalue weighted by atomic mass is 16.5. The Hall–Kier alpha value is -1.43. The van der Waals surface area contributed by atoms with E-state index >= 15 is 0 Å². The first-order valence-electron chi connectivity index (χ1n) is 6.42. The summed E-state index contributed by atoms with van der Waals surface area (Å²) in [6, 6.07) is 7.50. The lowest BCUT2D eigenvalue weighted by molar-refractivity contribution is 0.0692. The number of carbonyl (C=O) groups excluding carboxylic acids is 1. The van der Waals surface area contributed by atoms with Crippen molar-refractivity contribution in [2.24, 2.45) is 5.73 Å². The third-order valence-electron chi connectivity index (χ3n) is 2.64. The summed E-state index contributed by atoms with van der Waals surface area (Å²) >= 11 is 0. The van der Waals surface area contributed by atoms with Gasteiger partial charge in [0.05, 0.1) is 19.8 Å². The first kappa shape index (κ1) is 15.6. The number of hydrogen-bond acceptors (Lipinski definition) is 4. The number of nitrogens with two attached hydrogens (primary N) is 1. The Balaban J connectivity index is 2.36. The second kappa shape index (κ2) is 9.49. The van der Waals surface area contributed by atoms with Crippen LogP contribution in [0.25, 0.3) is 0 Å². The van der Waals surface area contributed by atoms with Crippen LogP contribution in [0.2, 0.25) is 0 Å². The van der Waals surface area contributed by atoms with Gasteiger partial charge in [0.15, 0.2) is 0 Å². The molecule has 0 atom stereocenters. The molecule has 106 valence electrons. The first-order chi connectivity index (χ1) is 9.29. The minimum Gasteiger partial charge on any atom is -0.382 e. The minimum atomic E-state index is -0.0839. The van der Waals surface area contributed by atoms with Crippen LogP contribution in [0, 0.1) is 0 Å². The largest absolute Gasteiger partial charge is 0.382 e. The monoisotopic (exact) mass is 266 g/mol. The molecule has 0 aliphatic carbocycles. The predicted octanol–water partition coefficient (Wildman–Crippen LogP) is 0.581. The van der Waals surface area contributed by atoms with Crippen LogP contribution in [0.4, 0.5) is 0 Å². The Morgan fingerprint density at radius 2 is 2.05 bits per heavy atom. The maximum atomic E-state index is 12.0. The summed E-state index contributed by atoms with van der Waals surface area (Å²) in [5.74, 6) is -0.0839. The van der Waals surface area contributed by atoms with Crippen molar-refractivity contribution in [3.05, 3.63) is 35.4 Å². The number of rotatable bonds is 9. The molecule has 0 spiro atoms. The van der Waals surface area contributed by atoms with E-state index in [4.69, 9.17) is 15.2 Å². The zero-order valence-electron chi connectivity index (χ0n) is 11.4. The molecule has 1 amide bonds. The lowest BCUT2D eigenvalue weighted by Gasteiger charge is -2.09. The van der Waals surface area contributed by atoms with Crippen LogP contribution >= 0.6 is 0 Å². The van der Waals surface area contributed by atoms with Gasteiger partial charge in [-0.25, -0.2) is 0 Å². The number of methoxy groups -OCH3 is 1. The fourth-order valence-corrected chi connectivity index (χ4v) is 1.69. The summed E-state index contributed by atoms with van der Waals surface area (Å²) in [4.78, 5) is 12.0. The lowest BCUT2D eigenvalue weighted by Crippen LogP contribution is -2.28. The van der Waals surface area contributed by atoms with Crippen molar-refractivity contribution in [2.45, 2.75) is 6.42 Å². The molecule has 0 saturated carbocycles. The summed E-state index contributed by atoms with van der Waals surface area (Å²) in [6.45, 7) is 2.60. The number of hydrogen-bond donors (Lipinski definition) is 2. The molecule has 3 N–H and O–H groups in total. The first-order valence-corrected chi connectivity index (χ1v) is 6.42. The summed E-state index contributed by atoms with van der Waals surface area (Å²) in [7, 11) is 1.62. The molecular formula is C14H22N2O3. The van der Waals surface area contributed by atoms with Crippen LogP contribution in [0.15, 0.2) is 24.3 Å². The molecule has 19 heavy (non-hydrogen) atoms. The van der Waals surface area contributed by atoms with E-state index in [9.17, 15) is 4.79 Å². The summed E-state index contributed by atoms with van der Waals surface area (Å²) in [5.41, 5.74) is 7.19. The van der Waals surface area contributed by atoms with Gasteiger partial charge in [0.2, 0.25) is 0 Å². The van der Waals surface area contributed by atoms with Gasteiger partial charge in [-0.05, 0) is 24.6 Å². The molecule has 0 bridgehead atoms. The third kappa shape index (κ3) is 5.83. The smallest absolute Gasteiger partial charge is 0.251 e. The van der Waals surface area contributed by atoms with Gasteiger partial charge in [-0.3, -0.25) is 4.79 Å². The molecule has 0 heterocycles. The standard InChI is InChI=1S/C14H22N2O3/c1-18-10-11-19-9-8-16-14(17)13-5-3-2-4-12(13)6-7-15/h2-5H,6-11,15H2,1H3,(H,16,17). The molecule has 0 fully saturated rings. The maximum absolute atomic E-state index is 12.0. The van der Waals surface area contributed by atoms with E-state index in [1.54, 1.807) is 7.11 Å². The Bertz CT molecular complexity index is 383. The van der Waals surface area contributed by atoms with E-state index in [-0.39, 0.29) is 5.91 Å². The number of amides is 1. The van der Waals surface area contributed by atoms with E-state index in [1.165, 1.54) is 0 Å². The molecule has 0 saturated heterocycles. The highest BCUT2D eigenvalue weighted by Gasteiger charge is 2.09. The molecule has 0 radical (unpaired) electrons. The minimum absolute atomic E-state index is 0.0839. The van der Waals surface area contributed by atoms with Gasteiger partial charge in [-0.1, -0.05) is 18.2 Å². The fraction of sp³-hybridized carbons (Fsp3) is 0.500. The molecule has 5 nitrogen and oxygen atoms in total. The van der Waals surface area contributed by atoms with Gasteiger partial charge >= 0.3 is 0 Å². The average molecular weight is 266 g/mol. The van der Waals surface area contributed by atoms with Crippen molar-refractivity contribution < 1.29 is 14.3 Å². The van der Waals surface area contributed by atoms with E-state index < -0.39 is 0 Å². The number of nitrogens with one attached hydrogen (secondary N) is 1. The molecule has 1 rings (SSSR count). The van der Waals surface area contributed by atoms with Gasteiger partial charge in [0.1, 0.15) is 0 Å². The average Bonchev–Trinajstić information content (AvgIpc) is 2.43. The number of carbonyl (C=O) groups is 1. The van der Waals surface area contributed by atoms with E-state index in [0.29, 0.717) is 44.9 Å². The van der Waals surface area contributed by atoms with Crippen LogP contribution < -0.4 is 11.1 Å². The topological polar surface area (TPSA) is 73.6 Å². The molecule has 1 aromatic rings. The van der Waals surface area contributed by atoms with Crippen molar-refractivity contribution in [3.8, 4) is 0 Å². The van der Waals surface area contributed by atoms with Crippen LogP contribution in [-0.2, 0) is 15.9 Å². The Kier molecular flexibility index (Phi) is 7.81. The van der Waals surface area contributed by atoms with Crippen molar-refractivity contribution in [2.75, 3.05) is 40.0 Å². The Labute approximate surface area is 114 Å². The van der Waals surface area contributed by atoms with Gasteiger partial charge in [-0.15, -0.1) is 0 Å². The summed E-state index contributed by atoms with van der Waals surface area (Å²) < 4.78 is 10.1. The van der Waals surface area contributed by atoms with Crippen LogP contribution in [-0.4, -0.2) is 45.9 Å². The van der Waals surface area contributed by atoms with Crippen molar-refractivity contribution in [1.82, 2.24) is 5.32 Å². The zero-order chi connectivity index (χ0) is 13.9. The quantitative estimate of drug-likeness (QED) is 0.641. The molecule has 0 aliphatic rings. The van der Waals surface area contributed by atoms with E-state index in [1.807, 2.05) is 24.3 Å². The van der Waals surface area contributed by atoms with Gasteiger partial charge < -0.3 is 20.5 Å². The predicted molar refractivity (Wildman–Crippen MR) is 74.2 cm³/mol. The van der Waals surface area contributed by atoms with Crippen molar-refractivity contribution in [1.29, 1.82) is 0 Å². The third-order valence-corrected chi connectivity index (χ3v) is 2.64. The maximum Gasteiger partial charge on any atom is 0.251 e. The van der Waals surface area contributed by atoms with Crippen molar-refractivity contribution >= 4 is 5.91 Å². The molecule has 0 unspecified atom stereocenters. The van der Waals surface area contributed by atoms with Crippen LogP contribution in [0.1, 0.15) is 15.9 Å². The SMILES string of the molecule is COCCOCCNC(=O)c1ccccc1CCN. The van der Waals surface area contributed by atoms with Gasteiger partial charge in [0.25, 0.3) is 5.91 Å². The second-order valence-corrected chi connectivity index (χ2v) is 4.06. The molecule has 0 aromatic heterocycles. The number of ether oxygens (including phenoxy) is 2. The number of benzene rings is 1. The van der Waals surface area contributed by atoms with Crippen molar-refractivity contribution in [3.63, 3.8) is 0 Å². The van der Waals surface area contributed by atoms with E-state index in [0.717, 1.165) is 5.56 Å². The molecule has 0 aliphatic heterocycles. The summed E-state index contributed by atoms with van der Waals surface area (Å²) in [6.07, 6.45) is 0.702. The summed E-state index contributed by atoms with van der Waals surface area (Å²) in [5, 5.41) is 2.83. The Morgan fingerprint density at radius 1 is 1.26 bits per heavy atom. The normalized spacial score (nSPS) is 10.4. The molecule has 1 aromatic carbocycles. The lowest BCUT2D eigenvalue weighted by atomic mass is 10.0. The zero-order valence-corrected chi connectivity index (χ0v) is 11.4. The second-order valence-electron chi connectivity index (χ2n) is 4.06. The van der Waals surface area contributed by atoms with Gasteiger partial charge in [0, 0.05) is 19.2 Å². The highest BCUT2D eigenvalue weighted by Crippen LogP contribution is 2.08.